The van der Waals surface area contributed by atoms with Gasteiger partial charge in [0.25, 0.3) is 0 Å². The Balaban J connectivity index is 2.65. The smallest absolute Gasteiger partial charge is 0.357 e. The average molecular weight is 244 g/mol. The lowest BCUT2D eigenvalue weighted by Crippen LogP contribution is -2.02. The molecule has 0 aliphatic rings. The van der Waals surface area contributed by atoms with E-state index in [-0.39, 0.29) is 5.69 Å². The number of rotatable bonds is 3. The molecular weight excluding hydrogens is 228 g/mol. The van der Waals surface area contributed by atoms with E-state index in [1.165, 1.54) is 0 Å². The van der Waals surface area contributed by atoms with Crippen LogP contribution in [0.2, 0.25) is 0 Å². The summed E-state index contributed by atoms with van der Waals surface area (Å²) in [4.78, 5) is 11.2. The maximum Gasteiger partial charge on any atom is 0.357 e. The molecule has 18 heavy (non-hydrogen) atoms. The van der Waals surface area contributed by atoms with Crippen molar-refractivity contribution in [3.05, 3.63) is 41.2 Å². The Morgan fingerprint density at radius 1 is 1.33 bits per heavy atom. The van der Waals surface area contributed by atoms with Crippen LogP contribution in [0, 0.1) is 13.8 Å². The number of carboxylic acids is 1. The van der Waals surface area contributed by atoms with Gasteiger partial charge in [0.1, 0.15) is 0 Å². The van der Waals surface area contributed by atoms with E-state index in [4.69, 9.17) is 0 Å². The zero-order valence-electron chi connectivity index (χ0n) is 10.8. The molecule has 94 valence electrons. The Labute approximate surface area is 106 Å². The van der Waals surface area contributed by atoms with Crippen molar-refractivity contribution in [2.75, 3.05) is 0 Å². The molecule has 0 saturated heterocycles. The third kappa shape index (κ3) is 2.14. The van der Waals surface area contributed by atoms with E-state index in [1.54, 1.807) is 10.9 Å². The Bertz CT molecular complexity index is 600. The number of hydrogen-bond acceptors (Lipinski definition) is 2. The first-order valence-corrected chi connectivity index (χ1v) is 5.91. The standard InChI is InChI=1S/C14H16N2O2/c1-4-16-8-12(13(15-16)14(17)18)11-7-9(2)5-6-10(11)3/h5-8H,4H2,1-3H3,(H,17,18). The largest absolute Gasteiger partial charge is 0.476 e. The quantitative estimate of drug-likeness (QED) is 0.903. The van der Waals surface area contributed by atoms with E-state index in [1.807, 2.05) is 39.0 Å². The molecule has 0 radical (unpaired) electrons. The number of aryl methyl sites for hydroxylation is 3. The summed E-state index contributed by atoms with van der Waals surface area (Å²) in [6.45, 7) is 6.56. The Kier molecular flexibility index (Phi) is 3.19. The predicted octanol–water partition coefficient (Wildman–Crippen LogP) is 2.89. The lowest BCUT2D eigenvalue weighted by molar-refractivity contribution is 0.0690. The van der Waals surface area contributed by atoms with E-state index in [0.717, 1.165) is 16.7 Å². The summed E-state index contributed by atoms with van der Waals surface area (Å²) < 4.78 is 1.65. The lowest BCUT2D eigenvalue weighted by Gasteiger charge is -2.05. The topological polar surface area (TPSA) is 55.1 Å². The van der Waals surface area contributed by atoms with Gasteiger partial charge in [-0.25, -0.2) is 4.79 Å². The highest BCUT2D eigenvalue weighted by atomic mass is 16.4. The van der Waals surface area contributed by atoms with Crippen LogP contribution in [0.25, 0.3) is 11.1 Å². The highest BCUT2D eigenvalue weighted by Crippen LogP contribution is 2.27. The molecule has 0 atom stereocenters. The molecule has 0 aliphatic heterocycles. The first kappa shape index (κ1) is 12.4. The molecule has 4 heteroatoms. The van der Waals surface area contributed by atoms with Crippen molar-refractivity contribution in [3.8, 4) is 11.1 Å². The van der Waals surface area contributed by atoms with Gasteiger partial charge < -0.3 is 5.11 Å². The monoisotopic (exact) mass is 244 g/mol. The summed E-state index contributed by atoms with van der Waals surface area (Å²) in [6, 6.07) is 6.02. The fourth-order valence-electron chi connectivity index (χ4n) is 1.96. The van der Waals surface area contributed by atoms with E-state index in [0.29, 0.717) is 12.1 Å². The van der Waals surface area contributed by atoms with Crippen LogP contribution in [0.5, 0.6) is 0 Å². The van der Waals surface area contributed by atoms with Crippen molar-refractivity contribution in [1.29, 1.82) is 0 Å². The summed E-state index contributed by atoms with van der Waals surface area (Å²) in [6.07, 6.45) is 1.80. The Morgan fingerprint density at radius 3 is 2.67 bits per heavy atom. The minimum atomic E-state index is -0.988. The second kappa shape index (κ2) is 4.64. The molecule has 0 aliphatic carbocycles. The number of hydrogen-bond donors (Lipinski definition) is 1. The van der Waals surface area contributed by atoms with Crippen LogP contribution in [0.15, 0.2) is 24.4 Å². The molecular formula is C14H16N2O2. The van der Waals surface area contributed by atoms with Crippen LogP contribution >= 0.6 is 0 Å². The van der Waals surface area contributed by atoms with E-state index >= 15 is 0 Å². The zero-order chi connectivity index (χ0) is 13.3. The highest BCUT2D eigenvalue weighted by Gasteiger charge is 2.18. The fraction of sp³-hybridized carbons (Fsp3) is 0.286. The Hall–Kier alpha value is -2.10. The van der Waals surface area contributed by atoms with E-state index < -0.39 is 5.97 Å². The van der Waals surface area contributed by atoms with Crippen molar-refractivity contribution >= 4 is 5.97 Å². The first-order valence-electron chi connectivity index (χ1n) is 5.91. The van der Waals surface area contributed by atoms with Gasteiger partial charge in [-0.2, -0.15) is 5.10 Å². The molecule has 1 aromatic heterocycles. The first-order chi connectivity index (χ1) is 8.52. The summed E-state index contributed by atoms with van der Waals surface area (Å²) in [5.41, 5.74) is 3.90. The molecule has 1 aromatic carbocycles. The number of benzene rings is 1. The minimum absolute atomic E-state index is 0.116. The van der Waals surface area contributed by atoms with Gasteiger partial charge >= 0.3 is 5.97 Å². The van der Waals surface area contributed by atoms with Crippen LogP contribution < -0.4 is 0 Å². The van der Waals surface area contributed by atoms with E-state index in [9.17, 15) is 9.90 Å². The third-order valence-corrected chi connectivity index (χ3v) is 2.97. The zero-order valence-corrected chi connectivity index (χ0v) is 10.8. The second-order valence-corrected chi connectivity index (χ2v) is 4.37. The predicted molar refractivity (Wildman–Crippen MR) is 69.8 cm³/mol. The van der Waals surface area contributed by atoms with Gasteiger partial charge in [-0.05, 0) is 31.9 Å². The molecule has 4 nitrogen and oxygen atoms in total. The maximum absolute atomic E-state index is 11.2. The van der Waals surface area contributed by atoms with Gasteiger partial charge in [0, 0.05) is 18.3 Å². The number of aromatic carboxylic acids is 1. The van der Waals surface area contributed by atoms with Gasteiger partial charge in [-0.1, -0.05) is 23.8 Å². The summed E-state index contributed by atoms with van der Waals surface area (Å²) in [5.74, 6) is -0.988. The number of carbonyl (C=O) groups is 1. The molecule has 0 spiro atoms. The molecule has 0 amide bonds. The molecule has 1 heterocycles. The fourth-order valence-corrected chi connectivity index (χ4v) is 1.96. The summed E-state index contributed by atoms with van der Waals surface area (Å²) in [5, 5.41) is 13.3. The van der Waals surface area contributed by atoms with Gasteiger partial charge in [0.05, 0.1) is 0 Å². The molecule has 1 N–H and O–H groups in total. The summed E-state index contributed by atoms with van der Waals surface area (Å²) in [7, 11) is 0. The van der Waals surface area contributed by atoms with Crippen molar-refractivity contribution in [3.63, 3.8) is 0 Å². The summed E-state index contributed by atoms with van der Waals surface area (Å²) >= 11 is 0. The third-order valence-electron chi connectivity index (χ3n) is 2.97. The van der Waals surface area contributed by atoms with Gasteiger partial charge in [0.2, 0.25) is 0 Å². The van der Waals surface area contributed by atoms with Crippen LogP contribution in [-0.4, -0.2) is 20.9 Å². The molecule has 0 unspecified atom stereocenters. The highest BCUT2D eigenvalue weighted by molar-refractivity contribution is 5.94. The minimum Gasteiger partial charge on any atom is -0.476 e. The normalized spacial score (nSPS) is 10.6. The maximum atomic E-state index is 11.2. The SMILES string of the molecule is CCn1cc(-c2cc(C)ccc2C)c(C(=O)O)n1. The van der Waals surface area contributed by atoms with Gasteiger partial charge in [-0.15, -0.1) is 0 Å². The number of nitrogens with zero attached hydrogens (tertiary/aromatic N) is 2. The average Bonchev–Trinajstić information content (AvgIpc) is 2.76. The van der Waals surface area contributed by atoms with Crippen LogP contribution in [0.1, 0.15) is 28.5 Å². The van der Waals surface area contributed by atoms with E-state index in [2.05, 4.69) is 5.10 Å². The lowest BCUT2D eigenvalue weighted by atomic mass is 9.99. The van der Waals surface area contributed by atoms with Gasteiger partial charge in [0.15, 0.2) is 5.69 Å². The van der Waals surface area contributed by atoms with Crippen molar-refractivity contribution in [2.24, 2.45) is 0 Å². The van der Waals surface area contributed by atoms with Crippen LogP contribution in [0.4, 0.5) is 0 Å². The van der Waals surface area contributed by atoms with Crippen molar-refractivity contribution in [2.45, 2.75) is 27.3 Å². The molecule has 0 saturated carbocycles. The molecule has 2 aromatic rings. The van der Waals surface area contributed by atoms with Crippen molar-refractivity contribution in [1.82, 2.24) is 9.78 Å². The van der Waals surface area contributed by atoms with Crippen molar-refractivity contribution < 1.29 is 9.90 Å². The second-order valence-electron chi connectivity index (χ2n) is 4.37. The molecule has 0 bridgehead atoms. The molecule has 2 rings (SSSR count). The molecule has 0 fully saturated rings. The van der Waals surface area contributed by atoms with Crippen LogP contribution in [-0.2, 0) is 6.54 Å². The number of carboxylic acid groups (broad SMARTS) is 1. The Morgan fingerprint density at radius 2 is 2.06 bits per heavy atom. The van der Waals surface area contributed by atoms with Crippen LogP contribution in [0.3, 0.4) is 0 Å². The number of aromatic nitrogens is 2. The van der Waals surface area contributed by atoms with Gasteiger partial charge in [-0.3, -0.25) is 4.68 Å².